The van der Waals surface area contributed by atoms with E-state index in [-0.39, 0.29) is 24.4 Å². The van der Waals surface area contributed by atoms with E-state index in [0.717, 1.165) is 34.1 Å². The number of ether oxygens (including phenoxy) is 1. The number of hydrogen-bond donors (Lipinski definition) is 1. The minimum absolute atomic E-state index is 0.0515. The Morgan fingerprint density at radius 2 is 2.12 bits per heavy atom. The van der Waals surface area contributed by atoms with Gasteiger partial charge in [0, 0.05) is 36.2 Å². The number of nitrogens with one attached hydrogen (secondary N) is 1. The number of halogens is 1. The largest absolute Gasteiger partial charge is 0.460 e. The molecule has 3 heterocycles. The molecule has 8 heteroatoms. The highest BCUT2D eigenvalue weighted by atomic mass is 19.1. The van der Waals surface area contributed by atoms with E-state index in [1.807, 2.05) is 24.9 Å². The Morgan fingerprint density at radius 3 is 2.82 bits per heavy atom. The summed E-state index contributed by atoms with van der Waals surface area (Å²) in [7, 11) is 1.92. The van der Waals surface area contributed by atoms with Gasteiger partial charge in [-0.05, 0) is 54.5 Å². The number of carbonyl (C=O) groups is 3. The number of cyclic esters (lactones) is 1. The normalized spacial score (nSPS) is 22.8. The van der Waals surface area contributed by atoms with Crippen LogP contribution in [0.1, 0.15) is 53.8 Å². The van der Waals surface area contributed by atoms with E-state index in [1.54, 1.807) is 6.92 Å². The number of aromatic nitrogens is 1. The fraction of sp³-hybridized carbons (Fsp3) is 0.385. The second-order valence-corrected chi connectivity index (χ2v) is 9.14. The Bertz CT molecular complexity index is 1310. The third kappa shape index (κ3) is 3.23. The van der Waals surface area contributed by atoms with Crippen LogP contribution in [0.2, 0.25) is 0 Å². The zero-order valence-electron chi connectivity index (χ0n) is 19.4. The first-order valence-corrected chi connectivity index (χ1v) is 11.5. The van der Waals surface area contributed by atoms with Gasteiger partial charge in [-0.2, -0.15) is 0 Å². The lowest BCUT2D eigenvalue weighted by Gasteiger charge is -2.28. The smallest absolute Gasteiger partial charge is 0.313 e. The molecule has 5 rings (SSSR count). The lowest BCUT2D eigenvalue weighted by Crippen LogP contribution is -2.27. The minimum Gasteiger partial charge on any atom is -0.460 e. The van der Waals surface area contributed by atoms with E-state index in [4.69, 9.17) is 9.72 Å². The highest BCUT2D eigenvalue weighted by molar-refractivity contribution is 5.93. The third-order valence-corrected chi connectivity index (χ3v) is 7.34. The summed E-state index contributed by atoms with van der Waals surface area (Å²) in [5.74, 6) is -1.18. The summed E-state index contributed by atoms with van der Waals surface area (Å²) in [6.07, 6.45) is 5.14. The zero-order chi connectivity index (χ0) is 24.1. The molecular formula is C26H26FN3O4. The van der Waals surface area contributed by atoms with E-state index in [9.17, 15) is 18.8 Å². The van der Waals surface area contributed by atoms with Crippen molar-refractivity contribution in [3.05, 3.63) is 57.1 Å². The molecule has 1 amide bonds. The Balaban J connectivity index is 1.78. The summed E-state index contributed by atoms with van der Waals surface area (Å²) >= 11 is 0. The minimum atomic E-state index is -0.533. The van der Waals surface area contributed by atoms with Crippen molar-refractivity contribution in [2.24, 2.45) is 5.92 Å². The lowest BCUT2D eigenvalue weighted by atomic mass is 9.82. The number of aryl methyl sites for hydroxylation is 1. The van der Waals surface area contributed by atoms with Crippen molar-refractivity contribution in [2.75, 3.05) is 13.7 Å². The van der Waals surface area contributed by atoms with E-state index in [0.29, 0.717) is 60.1 Å². The van der Waals surface area contributed by atoms with Crippen molar-refractivity contribution < 1.29 is 23.5 Å². The molecule has 0 saturated carbocycles. The van der Waals surface area contributed by atoms with Crippen molar-refractivity contribution in [1.29, 1.82) is 0 Å². The molecule has 0 bridgehead atoms. The predicted octanol–water partition coefficient (Wildman–Crippen LogP) is 3.28. The van der Waals surface area contributed by atoms with Gasteiger partial charge in [-0.3, -0.25) is 14.4 Å². The van der Waals surface area contributed by atoms with Crippen LogP contribution in [-0.2, 0) is 32.1 Å². The molecular weight excluding hydrogens is 437 g/mol. The standard InChI is InChI=1S/C26H26FN3O4/c1-4-15-17(14(10-31)11-34-26(15)33)7-22-25-18(9-30(22)3)24-20(28-12-32)6-5-16-13(2)19(27)8-21(29-25)23(16)24/h7-8,10,12,15,20H,4-6,9,11H2,1-3H3,(H,28,32)/b22-7-. The maximum atomic E-state index is 14.8. The van der Waals surface area contributed by atoms with Crippen molar-refractivity contribution in [3.63, 3.8) is 0 Å². The number of nitrogens with zero attached hydrogens (tertiary/aromatic N) is 2. The van der Waals surface area contributed by atoms with Gasteiger partial charge in [-0.15, -0.1) is 0 Å². The van der Waals surface area contributed by atoms with Gasteiger partial charge < -0.3 is 15.0 Å². The molecule has 0 saturated heterocycles. The second kappa shape index (κ2) is 8.34. The first kappa shape index (κ1) is 22.3. The highest BCUT2D eigenvalue weighted by Crippen LogP contribution is 2.45. The van der Waals surface area contributed by atoms with E-state index in [2.05, 4.69) is 5.32 Å². The fourth-order valence-corrected chi connectivity index (χ4v) is 5.59. The summed E-state index contributed by atoms with van der Waals surface area (Å²) in [4.78, 5) is 42.4. The number of rotatable bonds is 5. The Labute approximate surface area is 196 Å². The van der Waals surface area contributed by atoms with E-state index >= 15 is 0 Å². The van der Waals surface area contributed by atoms with Crippen LogP contribution in [0.15, 0.2) is 23.3 Å². The number of benzene rings is 1. The molecule has 7 nitrogen and oxygen atoms in total. The summed E-state index contributed by atoms with van der Waals surface area (Å²) in [6, 6.07) is 1.26. The molecule has 1 aromatic carbocycles. The average molecular weight is 464 g/mol. The topological polar surface area (TPSA) is 88.6 Å². The van der Waals surface area contributed by atoms with Crippen LogP contribution in [0.4, 0.5) is 4.39 Å². The number of hydrogen-bond acceptors (Lipinski definition) is 6. The van der Waals surface area contributed by atoms with Gasteiger partial charge in [0.1, 0.15) is 18.7 Å². The van der Waals surface area contributed by atoms with Gasteiger partial charge in [0.15, 0.2) is 0 Å². The highest BCUT2D eigenvalue weighted by Gasteiger charge is 2.36. The second-order valence-electron chi connectivity index (χ2n) is 9.14. The SMILES string of the molecule is CCC1C(=O)OCC(C=O)=C1/C=C1/c2nc3cc(F)c(C)c4c3c(c2CN1C)C(NC=O)CC4. The predicted molar refractivity (Wildman–Crippen MR) is 124 cm³/mol. The van der Waals surface area contributed by atoms with Gasteiger partial charge in [-0.1, -0.05) is 6.92 Å². The Kier molecular flexibility index (Phi) is 5.46. The first-order valence-electron chi connectivity index (χ1n) is 11.5. The molecule has 2 unspecified atom stereocenters. The Morgan fingerprint density at radius 1 is 1.32 bits per heavy atom. The number of amides is 1. The van der Waals surface area contributed by atoms with Crippen molar-refractivity contribution >= 4 is 35.3 Å². The molecule has 1 N–H and O–H groups in total. The number of allylic oxidation sites excluding steroid dienone is 1. The van der Waals surface area contributed by atoms with E-state index < -0.39 is 5.92 Å². The third-order valence-electron chi connectivity index (χ3n) is 7.34. The van der Waals surface area contributed by atoms with Crippen LogP contribution < -0.4 is 5.32 Å². The molecule has 2 aromatic rings. The number of aldehydes is 1. The maximum Gasteiger partial charge on any atom is 0.313 e. The van der Waals surface area contributed by atoms with Crippen LogP contribution in [0.5, 0.6) is 0 Å². The summed E-state index contributed by atoms with van der Waals surface area (Å²) in [5, 5.41) is 3.86. The summed E-state index contributed by atoms with van der Waals surface area (Å²) in [5.41, 5.74) is 6.58. The molecule has 0 fully saturated rings. The van der Waals surface area contributed by atoms with E-state index in [1.165, 1.54) is 6.07 Å². The monoisotopic (exact) mass is 463 g/mol. The molecule has 0 spiro atoms. The van der Waals surface area contributed by atoms with Gasteiger partial charge in [-0.25, -0.2) is 9.37 Å². The van der Waals surface area contributed by atoms with Crippen molar-refractivity contribution in [1.82, 2.24) is 15.2 Å². The van der Waals surface area contributed by atoms with Crippen molar-refractivity contribution in [3.8, 4) is 0 Å². The molecule has 3 aliphatic rings. The summed E-state index contributed by atoms with van der Waals surface area (Å²) in [6.45, 7) is 4.16. The molecule has 1 aromatic heterocycles. The van der Waals surface area contributed by atoms with Crippen LogP contribution in [0.3, 0.4) is 0 Å². The molecule has 34 heavy (non-hydrogen) atoms. The fourth-order valence-electron chi connectivity index (χ4n) is 5.59. The average Bonchev–Trinajstić information content (AvgIpc) is 3.13. The molecule has 176 valence electrons. The van der Waals surface area contributed by atoms with Gasteiger partial charge >= 0.3 is 5.97 Å². The number of fused-ring (bicyclic) bond motifs is 2. The van der Waals surface area contributed by atoms with Gasteiger partial charge in [0.2, 0.25) is 6.41 Å². The molecule has 1 aliphatic carbocycles. The van der Waals surface area contributed by atoms with Gasteiger partial charge in [0.25, 0.3) is 0 Å². The number of carbonyl (C=O) groups excluding carboxylic acids is 3. The lowest BCUT2D eigenvalue weighted by molar-refractivity contribution is -0.147. The molecule has 0 radical (unpaired) electrons. The van der Waals surface area contributed by atoms with Crippen LogP contribution >= 0.6 is 0 Å². The molecule has 2 atom stereocenters. The van der Waals surface area contributed by atoms with Crippen LogP contribution in [-0.4, -0.2) is 42.2 Å². The Hall–Kier alpha value is -3.55. The first-order chi connectivity index (χ1) is 16.4. The van der Waals surface area contributed by atoms with Crippen LogP contribution in [0.25, 0.3) is 16.6 Å². The maximum absolute atomic E-state index is 14.8. The number of esters is 1. The quantitative estimate of drug-likeness (QED) is 0.541. The molecule has 2 aliphatic heterocycles. The zero-order valence-corrected chi connectivity index (χ0v) is 19.4. The van der Waals surface area contributed by atoms with Crippen LogP contribution in [0, 0.1) is 18.7 Å². The number of pyridine rings is 1. The van der Waals surface area contributed by atoms with Gasteiger partial charge in [0.05, 0.1) is 28.9 Å². The summed E-state index contributed by atoms with van der Waals surface area (Å²) < 4.78 is 20.0. The van der Waals surface area contributed by atoms with Crippen molar-refractivity contribution in [2.45, 2.75) is 45.7 Å².